The SMILES string of the molecule is CN=C1c2c(C)cc(-c3cc(O)cc(/C=C\CCCF)c3)nc2CCCN1CC1CCN1. The van der Waals surface area contributed by atoms with E-state index >= 15 is 0 Å². The summed E-state index contributed by atoms with van der Waals surface area (Å²) in [5.41, 5.74) is 6.02. The van der Waals surface area contributed by atoms with Gasteiger partial charge in [0, 0.05) is 37.3 Å². The maximum Gasteiger partial charge on any atom is 0.132 e. The van der Waals surface area contributed by atoms with Crippen molar-refractivity contribution >= 4 is 11.9 Å². The molecule has 0 amide bonds. The number of phenols is 1. The molecule has 0 spiro atoms. The van der Waals surface area contributed by atoms with Gasteiger partial charge in [0.05, 0.1) is 18.1 Å². The Balaban J connectivity index is 1.66. The van der Waals surface area contributed by atoms with Crippen LogP contribution in [-0.4, -0.2) is 60.2 Å². The molecule has 2 N–H and O–H groups in total. The predicted molar refractivity (Wildman–Crippen MR) is 129 cm³/mol. The van der Waals surface area contributed by atoms with Gasteiger partial charge in [-0.15, -0.1) is 0 Å². The van der Waals surface area contributed by atoms with Gasteiger partial charge in [0.15, 0.2) is 0 Å². The van der Waals surface area contributed by atoms with Crippen LogP contribution in [0.15, 0.2) is 35.3 Å². The number of aliphatic imine (C=N–C) groups is 1. The molecule has 1 atom stereocenters. The monoisotopic (exact) mass is 436 g/mol. The standard InChI is InChI=1S/C26H33FN4O/c1-18-13-24(20-14-19(15-22(32)16-20)7-4-3-5-10-27)30-23-8-6-12-31(17-21-9-11-29-21)26(28-2)25(18)23/h4,7,13-16,21,29,32H,3,5-6,8-12,17H2,1-2H3/b7-4-,28-26?. The summed E-state index contributed by atoms with van der Waals surface area (Å²) in [5.74, 6) is 1.24. The van der Waals surface area contributed by atoms with Crippen molar-refractivity contribution in [2.45, 2.75) is 45.1 Å². The fourth-order valence-corrected chi connectivity index (χ4v) is 4.57. The maximum atomic E-state index is 12.3. The summed E-state index contributed by atoms with van der Waals surface area (Å²) < 4.78 is 12.3. The maximum absolute atomic E-state index is 12.3. The highest BCUT2D eigenvalue weighted by Gasteiger charge is 2.27. The van der Waals surface area contributed by atoms with Crippen LogP contribution in [0, 0.1) is 6.92 Å². The number of nitrogens with one attached hydrogen (secondary N) is 1. The molecular weight excluding hydrogens is 403 g/mol. The van der Waals surface area contributed by atoms with Crippen molar-refractivity contribution in [2.75, 3.05) is 33.4 Å². The Hall–Kier alpha value is -2.73. The van der Waals surface area contributed by atoms with E-state index in [-0.39, 0.29) is 12.4 Å². The highest BCUT2D eigenvalue weighted by molar-refractivity contribution is 6.01. The summed E-state index contributed by atoms with van der Waals surface area (Å²) in [6.45, 7) is 4.88. The van der Waals surface area contributed by atoms with Crippen LogP contribution >= 0.6 is 0 Å². The normalized spacial score (nSPS) is 19.8. The summed E-state index contributed by atoms with van der Waals surface area (Å²) in [6.07, 6.45) is 8.25. The Morgan fingerprint density at radius 1 is 1.31 bits per heavy atom. The van der Waals surface area contributed by atoms with Gasteiger partial charge in [-0.2, -0.15) is 0 Å². The molecular formula is C26H33FN4O. The molecule has 1 aromatic carbocycles. The van der Waals surface area contributed by atoms with Gasteiger partial charge in [-0.1, -0.05) is 12.2 Å². The number of halogens is 1. The third-order valence-electron chi connectivity index (χ3n) is 6.29. The number of nitrogens with zero attached hydrogens (tertiary/aromatic N) is 3. The van der Waals surface area contributed by atoms with Crippen LogP contribution in [0.1, 0.15) is 48.1 Å². The lowest BCUT2D eigenvalue weighted by Gasteiger charge is -2.35. The van der Waals surface area contributed by atoms with Crippen molar-refractivity contribution in [1.82, 2.24) is 15.2 Å². The molecule has 0 saturated carbocycles. The van der Waals surface area contributed by atoms with Crippen LogP contribution in [-0.2, 0) is 6.42 Å². The molecule has 1 saturated heterocycles. The Labute approximate surface area is 190 Å². The number of pyridine rings is 1. The number of aryl methyl sites for hydroxylation is 2. The fraction of sp³-hybridized carbons (Fsp3) is 0.462. The molecule has 2 aromatic rings. The first-order valence-electron chi connectivity index (χ1n) is 11.6. The van der Waals surface area contributed by atoms with Crippen molar-refractivity contribution in [3.8, 4) is 17.0 Å². The van der Waals surface area contributed by atoms with Gasteiger partial charge < -0.3 is 15.3 Å². The third-order valence-corrected chi connectivity index (χ3v) is 6.29. The largest absolute Gasteiger partial charge is 0.508 e. The third kappa shape index (κ3) is 5.01. The average molecular weight is 437 g/mol. The van der Waals surface area contributed by atoms with Gasteiger partial charge in [0.1, 0.15) is 11.6 Å². The summed E-state index contributed by atoms with van der Waals surface area (Å²) in [4.78, 5) is 12.1. The zero-order valence-corrected chi connectivity index (χ0v) is 19.1. The number of alkyl halides is 1. The summed E-state index contributed by atoms with van der Waals surface area (Å²) in [6, 6.07) is 8.15. The van der Waals surface area contributed by atoms with E-state index in [9.17, 15) is 9.50 Å². The lowest BCUT2D eigenvalue weighted by Crippen LogP contribution is -2.51. The van der Waals surface area contributed by atoms with Crippen molar-refractivity contribution in [3.63, 3.8) is 0 Å². The molecule has 4 rings (SSSR count). The molecule has 1 fully saturated rings. The van der Waals surface area contributed by atoms with E-state index in [2.05, 4.69) is 28.2 Å². The summed E-state index contributed by atoms with van der Waals surface area (Å²) >= 11 is 0. The van der Waals surface area contributed by atoms with Crippen LogP contribution < -0.4 is 5.32 Å². The molecule has 0 bridgehead atoms. The molecule has 5 nitrogen and oxygen atoms in total. The Bertz CT molecular complexity index is 1010. The predicted octanol–water partition coefficient (Wildman–Crippen LogP) is 4.51. The quantitative estimate of drug-likeness (QED) is 0.627. The number of rotatable bonds is 7. The lowest BCUT2D eigenvalue weighted by molar-refractivity contribution is 0.282. The fourth-order valence-electron chi connectivity index (χ4n) is 4.57. The van der Waals surface area contributed by atoms with Crippen LogP contribution in [0.4, 0.5) is 4.39 Å². The second kappa shape index (κ2) is 10.3. The number of hydrogen-bond acceptors (Lipinski definition) is 4. The number of fused-ring (bicyclic) bond motifs is 1. The highest BCUT2D eigenvalue weighted by atomic mass is 19.1. The average Bonchev–Trinajstić information content (AvgIpc) is 2.92. The van der Waals surface area contributed by atoms with E-state index in [1.54, 1.807) is 12.1 Å². The minimum Gasteiger partial charge on any atom is -0.508 e. The highest BCUT2D eigenvalue weighted by Crippen LogP contribution is 2.30. The number of benzene rings is 1. The van der Waals surface area contributed by atoms with E-state index in [4.69, 9.17) is 4.98 Å². The molecule has 1 aromatic heterocycles. The van der Waals surface area contributed by atoms with Gasteiger partial charge in [0.25, 0.3) is 0 Å². The summed E-state index contributed by atoms with van der Waals surface area (Å²) in [5, 5.41) is 13.8. The number of phenolic OH excluding ortho intramolecular Hbond substituents is 1. The number of unbranched alkanes of at least 4 members (excludes halogenated alkanes) is 1. The Kier molecular flexibility index (Phi) is 7.20. The van der Waals surface area contributed by atoms with E-state index in [0.717, 1.165) is 72.0 Å². The van der Waals surface area contributed by atoms with E-state index in [1.807, 2.05) is 25.3 Å². The molecule has 1 unspecified atom stereocenters. The smallest absolute Gasteiger partial charge is 0.132 e. The number of aromatic hydroxyl groups is 1. The van der Waals surface area contributed by atoms with Crippen molar-refractivity contribution in [2.24, 2.45) is 4.99 Å². The lowest BCUT2D eigenvalue weighted by atomic mass is 9.99. The molecule has 3 heterocycles. The number of hydrogen-bond donors (Lipinski definition) is 2. The van der Waals surface area contributed by atoms with Gasteiger partial charge in [-0.3, -0.25) is 14.4 Å². The molecule has 0 radical (unpaired) electrons. The zero-order chi connectivity index (χ0) is 22.5. The second-order valence-electron chi connectivity index (χ2n) is 8.73. The van der Waals surface area contributed by atoms with Crippen molar-refractivity contribution in [1.29, 1.82) is 0 Å². The van der Waals surface area contributed by atoms with Gasteiger partial charge in [0.2, 0.25) is 0 Å². The molecule has 170 valence electrons. The van der Waals surface area contributed by atoms with Crippen molar-refractivity contribution < 1.29 is 9.50 Å². The first kappa shape index (κ1) is 22.5. The molecule has 6 heteroatoms. The molecule has 32 heavy (non-hydrogen) atoms. The van der Waals surface area contributed by atoms with Crippen LogP contribution in [0.5, 0.6) is 5.75 Å². The van der Waals surface area contributed by atoms with Gasteiger partial charge in [-0.05, 0) is 81.0 Å². The van der Waals surface area contributed by atoms with E-state index < -0.39 is 0 Å². The minimum atomic E-state index is -0.314. The molecule has 0 aliphatic carbocycles. The van der Waals surface area contributed by atoms with E-state index in [1.165, 1.54) is 6.42 Å². The first-order chi connectivity index (χ1) is 15.6. The first-order valence-corrected chi connectivity index (χ1v) is 11.6. The van der Waals surface area contributed by atoms with Crippen LogP contribution in [0.2, 0.25) is 0 Å². The summed E-state index contributed by atoms with van der Waals surface area (Å²) in [7, 11) is 1.87. The molecule has 2 aliphatic heterocycles. The number of allylic oxidation sites excluding steroid dienone is 1. The number of aromatic nitrogens is 1. The number of amidine groups is 1. The van der Waals surface area contributed by atoms with E-state index in [0.29, 0.717) is 18.9 Å². The molecule has 2 aliphatic rings. The minimum absolute atomic E-state index is 0.206. The van der Waals surface area contributed by atoms with Crippen molar-refractivity contribution in [3.05, 3.63) is 52.7 Å². The van der Waals surface area contributed by atoms with Crippen LogP contribution in [0.25, 0.3) is 17.3 Å². The second-order valence-corrected chi connectivity index (χ2v) is 8.73. The van der Waals surface area contributed by atoms with Gasteiger partial charge >= 0.3 is 0 Å². The van der Waals surface area contributed by atoms with Crippen LogP contribution in [0.3, 0.4) is 0 Å². The zero-order valence-electron chi connectivity index (χ0n) is 19.1. The Morgan fingerprint density at radius 2 is 2.16 bits per heavy atom. The van der Waals surface area contributed by atoms with Gasteiger partial charge in [-0.25, -0.2) is 0 Å². The topological polar surface area (TPSA) is 60.8 Å². The Morgan fingerprint density at radius 3 is 2.88 bits per heavy atom.